The Morgan fingerprint density at radius 2 is 2.25 bits per heavy atom. The molecule has 0 saturated carbocycles. The van der Waals surface area contributed by atoms with Crippen LogP contribution in [0.2, 0.25) is 0 Å². The van der Waals surface area contributed by atoms with Crippen LogP contribution < -0.4 is 10.6 Å². The van der Waals surface area contributed by atoms with Gasteiger partial charge in [0.15, 0.2) is 0 Å². The summed E-state index contributed by atoms with van der Waals surface area (Å²) in [6.07, 6.45) is 0.0244. The highest BCUT2D eigenvalue weighted by molar-refractivity contribution is 5.94. The summed E-state index contributed by atoms with van der Waals surface area (Å²) < 4.78 is 5.35. The molecule has 1 amide bonds. The van der Waals surface area contributed by atoms with Gasteiger partial charge in [-0.05, 0) is 30.7 Å². The van der Waals surface area contributed by atoms with Crippen LogP contribution in [0.25, 0.3) is 0 Å². The minimum atomic E-state index is -0.851. The third-order valence-corrected chi connectivity index (χ3v) is 3.44. The maximum absolute atomic E-state index is 11.2. The molecule has 1 aromatic carbocycles. The van der Waals surface area contributed by atoms with E-state index >= 15 is 0 Å². The lowest BCUT2D eigenvalue weighted by atomic mass is 10.0. The molecule has 3 N–H and O–H groups in total. The third kappa shape index (κ3) is 3.08. The van der Waals surface area contributed by atoms with E-state index in [-0.39, 0.29) is 12.5 Å². The molecule has 0 aromatic heterocycles. The number of anilines is 1. The quantitative estimate of drug-likeness (QED) is 0.848. The van der Waals surface area contributed by atoms with Gasteiger partial charge in [-0.3, -0.25) is 9.59 Å². The van der Waals surface area contributed by atoms with Crippen molar-refractivity contribution in [2.75, 3.05) is 24.7 Å². The molecule has 1 aromatic rings. The Kier molecular flexibility index (Phi) is 4.24. The highest BCUT2D eigenvalue weighted by Crippen LogP contribution is 2.24. The number of ether oxygens (including phenoxy) is 1. The number of hydrogen-bond donors (Lipinski definition) is 2. The average molecular weight is 278 g/mol. The van der Waals surface area contributed by atoms with Crippen molar-refractivity contribution >= 4 is 17.6 Å². The molecule has 1 heterocycles. The van der Waals surface area contributed by atoms with Gasteiger partial charge < -0.3 is 20.5 Å². The van der Waals surface area contributed by atoms with Crippen molar-refractivity contribution in [3.05, 3.63) is 29.3 Å². The maximum Gasteiger partial charge on any atom is 0.305 e. The highest BCUT2D eigenvalue weighted by atomic mass is 16.5. The monoisotopic (exact) mass is 278 g/mol. The number of carboxylic acid groups (broad SMARTS) is 1. The maximum atomic E-state index is 11.2. The molecule has 20 heavy (non-hydrogen) atoms. The molecule has 1 unspecified atom stereocenters. The number of aryl methyl sites for hydroxylation is 1. The average Bonchev–Trinajstić information content (AvgIpc) is 2.38. The standard InChI is InChI=1S/C14H18N2O4/c1-9-6-10(2-3-12(9)14(15)19)16-4-5-20-8-11(16)7-13(17)18/h2-3,6,11H,4-5,7-8H2,1H3,(H2,15,19)(H,17,18). The number of carbonyl (C=O) groups is 2. The number of aliphatic carboxylic acids is 1. The number of amides is 1. The summed E-state index contributed by atoms with van der Waals surface area (Å²) in [5.74, 6) is -1.31. The molecule has 2 rings (SSSR count). The van der Waals surface area contributed by atoms with Gasteiger partial charge in [-0.2, -0.15) is 0 Å². The van der Waals surface area contributed by atoms with Gasteiger partial charge in [0.25, 0.3) is 0 Å². The first-order valence-corrected chi connectivity index (χ1v) is 6.45. The van der Waals surface area contributed by atoms with Crippen LogP contribution >= 0.6 is 0 Å². The summed E-state index contributed by atoms with van der Waals surface area (Å²) in [5, 5.41) is 8.96. The van der Waals surface area contributed by atoms with Crippen LogP contribution in [-0.4, -0.2) is 42.8 Å². The molecule has 1 saturated heterocycles. The minimum absolute atomic E-state index is 0.0244. The van der Waals surface area contributed by atoms with Gasteiger partial charge in [-0.1, -0.05) is 0 Å². The van der Waals surface area contributed by atoms with Gasteiger partial charge in [0.1, 0.15) is 0 Å². The predicted molar refractivity (Wildman–Crippen MR) is 73.9 cm³/mol. The zero-order valence-corrected chi connectivity index (χ0v) is 11.3. The van der Waals surface area contributed by atoms with E-state index in [9.17, 15) is 9.59 Å². The van der Waals surface area contributed by atoms with E-state index < -0.39 is 11.9 Å². The number of carbonyl (C=O) groups excluding carboxylic acids is 1. The Morgan fingerprint density at radius 3 is 2.85 bits per heavy atom. The zero-order valence-electron chi connectivity index (χ0n) is 11.3. The molecule has 1 aliphatic rings. The molecule has 0 radical (unpaired) electrons. The SMILES string of the molecule is Cc1cc(N2CCOCC2CC(=O)O)ccc1C(N)=O. The van der Waals surface area contributed by atoms with Crippen molar-refractivity contribution in [3.8, 4) is 0 Å². The topological polar surface area (TPSA) is 92.9 Å². The summed E-state index contributed by atoms with van der Waals surface area (Å²) in [6, 6.07) is 5.15. The fourth-order valence-corrected chi connectivity index (χ4v) is 2.47. The van der Waals surface area contributed by atoms with Crippen molar-refractivity contribution in [1.82, 2.24) is 0 Å². The lowest BCUT2D eigenvalue weighted by molar-refractivity contribution is -0.138. The molecular formula is C14H18N2O4. The Balaban J connectivity index is 2.26. The molecule has 1 aliphatic heterocycles. The van der Waals surface area contributed by atoms with E-state index in [0.29, 0.717) is 25.3 Å². The van der Waals surface area contributed by atoms with Gasteiger partial charge in [0.05, 0.1) is 25.7 Å². The second-order valence-electron chi connectivity index (χ2n) is 4.88. The normalized spacial score (nSPS) is 18.9. The first-order chi connectivity index (χ1) is 9.49. The Bertz CT molecular complexity index is 530. The van der Waals surface area contributed by atoms with Crippen molar-refractivity contribution in [2.24, 2.45) is 5.73 Å². The van der Waals surface area contributed by atoms with Crippen molar-refractivity contribution < 1.29 is 19.4 Å². The van der Waals surface area contributed by atoms with Gasteiger partial charge in [-0.25, -0.2) is 0 Å². The molecule has 0 aliphatic carbocycles. The van der Waals surface area contributed by atoms with Gasteiger partial charge in [0, 0.05) is 17.8 Å². The molecule has 6 nitrogen and oxygen atoms in total. The van der Waals surface area contributed by atoms with Gasteiger partial charge in [-0.15, -0.1) is 0 Å². The second kappa shape index (κ2) is 5.92. The smallest absolute Gasteiger partial charge is 0.305 e. The first kappa shape index (κ1) is 14.3. The number of morpholine rings is 1. The van der Waals surface area contributed by atoms with Crippen molar-refractivity contribution in [2.45, 2.75) is 19.4 Å². The minimum Gasteiger partial charge on any atom is -0.481 e. The van der Waals surface area contributed by atoms with Crippen LogP contribution in [0, 0.1) is 6.92 Å². The van der Waals surface area contributed by atoms with Crippen LogP contribution in [0.4, 0.5) is 5.69 Å². The van der Waals surface area contributed by atoms with Crippen molar-refractivity contribution in [3.63, 3.8) is 0 Å². The predicted octanol–water partition coefficient (Wildman–Crippen LogP) is 0.774. The summed E-state index contributed by atoms with van der Waals surface area (Å²) in [4.78, 5) is 24.2. The number of benzene rings is 1. The Labute approximate surface area is 117 Å². The summed E-state index contributed by atoms with van der Waals surface area (Å²) in [5.41, 5.74) is 7.45. The van der Waals surface area contributed by atoms with Crippen LogP contribution in [0.3, 0.4) is 0 Å². The molecule has 1 fully saturated rings. The van der Waals surface area contributed by atoms with E-state index in [1.807, 2.05) is 17.9 Å². The number of carboxylic acids is 1. The molecule has 0 bridgehead atoms. The first-order valence-electron chi connectivity index (χ1n) is 6.45. The van der Waals surface area contributed by atoms with Crippen LogP contribution in [0.1, 0.15) is 22.3 Å². The second-order valence-corrected chi connectivity index (χ2v) is 4.88. The summed E-state index contributed by atoms with van der Waals surface area (Å²) >= 11 is 0. The van der Waals surface area contributed by atoms with E-state index in [1.165, 1.54) is 0 Å². The lowest BCUT2D eigenvalue weighted by Crippen LogP contribution is -2.46. The molecule has 6 heteroatoms. The fourth-order valence-electron chi connectivity index (χ4n) is 2.47. The highest BCUT2D eigenvalue weighted by Gasteiger charge is 2.26. The van der Waals surface area contributed by atoms with Gasteiger partial charge in [0.2, 0.25) is 5.91 Å². The number of nitrogens with zero attached hydrogens (tertiary/aromatic N) is 1. The number of primary amides is 1. The van der Waals surface area contributed by atoms with E-state index in [1.54, 1.807) is 12.1 Å². The molecule has 108 valence electrons. The number of rotatable bonds is 4. The fraction of sp³-hybridized carbons (Fsp3) is 0.429. The third-order valence-electron chi connectivity index (χ3n) is 3.44. The van der Waals surface area contributed by atoms with Crippen LogP contribution in [-0.2, 0) is 9.53 Å². The summed E-state index contributed by atoms with van der Waals surface area (Å²) in [7, 11) is 0. The number of nitrogens with two attached hydrogens (primary N) is 1. The van der Waals surface area contributed by atoms with Crippen molar-refractivity contribution in [1.29, 1.82) is 0 Å². The Hall–Kier alpha value is -2.08. The number of hydrogen-bond acceptors (Lipinski definition) is 4. The lowest BCUT2D eigenvalue weighted by Gasteiger charge is -2.37. The molecule has 0 spiro atoms. The van der Waals surface area contributed by atoms with E-state index in [2.05, 4.69) is 0 Å². The van der Waals surface area contributed by atoms with Crippen LogP contribution in [0.15, 0.2) is 18.2 Å². The van der Waals surface area contributed by atoms with Crippen LogP contribution in [0.5, 0.6) is 0 Å². The largest absolute Gasteiger partial charge is 0.481 e. The summed E-state index contributed by atoms with van der Waals surface area (Å²) in [6.45, 7) is 3.40. The van der Waals surface area contributed by atoms with E-state index in [4.69, 9.17) is 15.6 Å². The Morgan fingerprint density at radius 1 is 1.50 bits per heavy atom. The molecular weight excluding hydrogens is 260 g/mol. The zero-order chi connectivity index (χ0) is 14.7. The van der Waals surface area contributed by atoms with E-state index in [0.717, 1.165) is 11.3 Å². The van der Waals surface area contributed by atoms with Gasteiger partial charge >= 0.3 is 5.97 Å². The molecule has 1 atom stereocenters.